The SMILES string of the molecule is Cc1cccc(C(=O)N[C@@H](C)C(=O)OCc2nc(N)nc(Nc3ccc(Cl)cc3)n2)c1. The maximum Gasteiger partial charge on any atom is 0.328 e. The van der Waals surface area contributed by atoms with Gasteiger partial charge >= 0.3 is 5.97 Å². The van der Waals surface area contributed by atoms with Crippen LogP contribution in [-0.4, -0.2) is 32.9 Å². The molecule has 0 saturated heterocycles. The maximum absolute atomic E-state index is 12.3. The fraction of sp³-hybridized carbons (Fsp3) is 0.190. The van der Waals surface area contributed by atoms with Crippen LogP contribution in [0.4, 0.5) is 17.6 Å². The third kappa shape index (κ3) is 6.38. The molecule has 0 fully saturated rings. The second-order valence-corrected chi connectivity index (χ2v) is 7.17. The Morgan fingerprint density at radius 3 is 2.58 bits per heavy atom. The summed E-state index contributed by atoms with van der Waals surface area (Å²) in [6, 6.07) is 13.1. The highest BCUT2D eigenvalue weighted by Gasteiger charge is 2.19. The largest absolute Gasteiger partial charge is 0.456 e. The van der Waals surface area contributed by atoms with Gasteiger partial charge < -0.3 is 21.1 Å². The van der Waals surface area contributed by atoms with E-state index >= 15 is 0 Å². The number of nitrogens with one attached hydrogen (secondary N) is 2. The van der Waals surface area contributed by atoms with Crippen molar-refractivity contribution in [3.8, 4) is 0 Å². The molecule has 0 aliphatic carbocycles. The number of hydrogen-bond acceptors (Lipinski definition) is 8. The molecule has 3 rings (SSSR count). The Morgan fingerprint density at radius 1 is 1.13 bits per heavy atom. The lowest BCUT2D eigenvalue weighted by Gasteiger charge is -2.14. The number of carbonyl (C=O) groups is 2. The monoisotopic (exact) mass is 440 g/mol. The van der Waals surface area contributed by atoms with E-state index in [9.17, 15) is 9.59 Å². The molecule has 0 radical (unpaired) electrons. The Labute approximate surface area is 184 Å². The summed E-state index contributed by atoms with van der Waals surface area (Å²) in [7, 11) is 0. The molecule has 0 bridgehead atoms. The molecule has 2 aromatic carbocycles. The predicted octanol–water partition coefficient (Wildman–Crippen LogP) is 3.02. The number of aryl methyl sites for hydroxylation is 1. The molecule has 0 aliphatic heterocycles. The van der Waals surface area contributed by atoms with Crippen molar-refractivity contribution in [2.75, 3.05) is 11.1 Å². The van der Waals surface area contributed by atoms with Gasteiger partial charge in [-0.3, -0.25) is 4.79 Å². The van der Waals surface area contributed by atoms with Crippen LogP contribution < -0.4 is 16.4 Å². The van der Waals surface area contributed by atoms with Crippen molar-refractivity contribution in [3.63, 3.8) is 0 Å². The summed E-state index contributed by atoms with van der Waals surface area (Å²) >= 11 is 5.87. The minimum atomic E-state index is -0.862. The number of benzene rings is 2. The van der Waals surface area contributed by atoms with Crippen LogP contribution in [0.1, 0.15) is 28.7 Å². The fourth-order valence-electron chi connectivity index (χ4n) is 2.61. The van der Waals surface area contributed by atoms with Gasteiger partial charge in [-0.2, -0.15) is 15.0 Å². The summed E-state index contributed by atoms with van der Waals surface area (Å²) in [6.45, 7) is 3.18. The lowest BCUT2D eigenvalue weighted by Crippen LogP contribution is -2.39. The second-order valence-electron chi connectivity index (χ2n) is 6.74. The number of rotatable bonds is 7. The highest BCUT2D eigenvalue weighted by Crippen LogP contribution is 2.17. The van der Waals surface area contributed by atoms with Crippen molar-refractivity contribution in [2.24, 2.45) is 0 Å². The van der Waals surface area contributed by atoms with Crippen molar-refractivity contribution in [3.05, 3.63) is 70.5 Å². The highest BCUT2D eigenvalue weighted by molar-refractivity contribution is 6.30. The van der Waals surface area contributed by atoms with Crippen LogP contribution in [0.2, 0.25) is 5.02 Å². The number of nitrogens with zero attached hydrogens (tertiary/aromatic N) is 3. The molecule has 9 nitrogen and oxygen atoms in total. The predicted molar refractivity (Wildman–Crippen MR) is 117 cm³/mol. The van der Waals surface area contributed by atoms with Gasteiger partial charge in [0.2, 0.25) is 11.9 Å². The number of esters is 1. The van der Waals surface area contributed by atoms with Gasteiger partial charge in [-0.1, -0.05) is 29.3 Å². The first kappa shape index (κ1) is 22.0. The van der Waals surface area contributed by atoms with Crippen LogP contribution in [0.3, 0.4) is 0 Å². The molecule has 1 heterocycles. The van der Waals surface area contributed by atoms with E-state index in [1.807, 2.05) is 13.0 Å². The third-order valence-electron chi connectivity index (χ3n) is 4.12. The maximum atomic E-state index is 12.3. The van der Waals surface area contributed by atoms with Gasteiger partial charge in [0.1, 0.15) is 6.04 Å². The third-order valence-corrected chi connectivity index (χ3v) is 4.38. The molecule has 10 heteroatoms. The van der Waals surface area contributed by atoms with Gasteiger partial charge in [0.25, 0.3) is 5.91 Å². The van der Waals surface area contributed by atoms with Gasteiger partial charge in [0.15, 0.2) is 12.4 Å². The number of nitrogens with two attached hydrogens (primary N) is 1. The van der Waals surface area contributed by atoms with Gasteiger partial charge in [-0.15, -0.1) is 0 Å². The zero-order valence-electron chi connectivity index (χ0n) is 16.9. The quantitative estimate of drug-likeness (QED) is 0.477. The van der Waals surface area contributed by atoms with E-state index in [4.69, 9.17) is 22.1 Å². The molecule has 4 N–H and O–H groups in total. The van der Waals surface area contributed by atoms with E-state index in [-0.39, 0.29) is 30.2 Å². The van der Waals surface area contributed by atoms with E-state index in [0.717, 1.165) is 5.56 Å². The lowest BCUT2D eigenvalue weighted by molar-refractivity contribution is -0.147. The number of halogens is 1. The molecule has 3 aromatic rings. The number of nitrogen functional groups attached to an aromatic ring is 1. The first-order valence-corrected chi connectivity index (χ1v) is 9.75. The lowest BCUT2D eigenvalue weighted by atomic mass is 10.1. The first-order chi connectivity index (χ1) is 14.8. The van der Waals surface area contributed by atoms with Crippen molar-refractivity contribution < 1.29 is 14.3 Å². The number of anilines is 3. The van der Waals surface area contributed by atoms with E-state index in [1.165, 1.54) is 6.92 Å². The fourth-order valence-corrected chi connectivity index (χ4v) is 2.73. The van der Waals surface area contributed by atoms with Crippen LogP contribution in [-0.2, 0) is 16.1 Å². The summed E-state index contributed by atoms with van der Waals surface area (Å²) in [4.78, 5) is 36.7. The van der Waals surface area contributed by atoms with Crippen LogP contribution in [0.5, 0.6) is 0 Å². The van der Waals surface area contributed by atoms with Crippen LogP contribution >= 0.6 is 11.6 Å². The van der Waals surface area contributed by atoms with Crippen molar-refractivity contribution in [2.45, 2.75) is 26.5 Å². The van der Waals surface area contributed by atoms with E-state index in [1.54, 1.807) is 42.5 Å². The molecule has 0 unspecified atom stereocenters. The molecule has 31 heavy (non-hydrogen) atoms. The molecular formula is C21H21ClN6O3. The number of amides is 1. The summed E-state index contributed by atoms with van der Waals surface area (Å²) in [5, 5.41) is 6.17. The van der Waals surface area contributed by atoms with Gasteiger partial charge in [0.05, 0.1) is 0 Å². The molecule has 1 amide bonds. The van der Waals surface area contributed by atoms with E-state index < -0.39 is 12.0 Å². The number of carbonyl (C=O) groups excluding carboxylic acids is 2. The first-order valence-electron chi connectivity index (χ1n) is 9.37. The van der Waals surface area contributed by atoms with Gasteiger partial charge in [0, 0.05) is 16.3 Å². The Balaban J connectivity index is 1.58. The summed E-state index contributed by atoms with van der Waals surface area (Å²) in [5.74, 6) is -0.672. The Kier molecular flexibility index (Phi) is 6.99. The Morgan fingerprint density at radius 2 is 1.87 bits per heavy atom. The standard InChI is InChI=1S/C21H21ClN6O3/c1-12-4-3-5-14(10-12)18(29)24-13(2)19(30)31-11-17-26-20(23)28-21(27-17)25-16-8-6-15(22)7-9-16/h3-10,13H,11H2,1-2H3,(H,24,29)(H3,23,25,26,27,28)/t13-/m0/s1. The van der Waals surface area contributed by atoms with Gasteiger partial charge in [-0.25, -0.2) is 4.79 Å². The molecule has 0 spiro atoms. The minimum absolute atomic E-state index is 0.0293. The zero-order chi connectivity index (χ0) is 22.4. The van der Waals surface area contributed by atoms with Crippen molar-refractivity contribution in [1.82, 2.24) is 20.3 Å². The van der Waals surface area contributed by atoms with E-state index in [2.05, 4.69) is 25.6 Å². The summed E-state index contributed by atoms with van der Waals surface area (Å²) in [6.07, 6.45) is 0. The smallest absolute Gasteiger partial charge is 0.328 e. The Hall–Kier alpha value is -3.72. The molecule has 1 atom stereocenters. The minimum Gasteiger partial charge on any atom is -0.456 e. The van der Waals surface area contributed by atoms with E-state index in [0.29, 0.717) is 16.3 Å². The summed E-state index contributed by atoms with van der Waals surface area (Å²) < 4.78 is 5.22. The molecule has 0 saturated carbocycles. The normalized spacial score (nSPS) is 11.5. The average molecular weight is 441 g/mol. The second kappa shape index (κ2) is 9.86. The zero-order valence-corrected chi connectivity index (χ0v) is 17.7. The number of hydrogen-bond donors (Lipinski definition) is 3. The average Bonchev–Trinajstić information content (AvgIpc) is 2.73. The highest BCUT2D eigenvalue weighted by atomic mass is 35.5. The topological polar surface area (TPSA) is 132 Å². The molecule has 0 aliphatic rings. The Bertz CT molecular complexity index is 1090. The van der Waals surface area contributed by atoms with Crippen LogP contribution in [0.25, 0.3) is 0 Å². The molecular weight excluding hydrogens is 420 g/mol. The van der Waals surface area contributed by atoms with Crippen LogP contribution in [0.15, 0.2) is 48.5 Å². The van der Waals surface area contributed by atoms with Crippen molar-refractivity contribution >= 4 is 41.1 Å². The van der Waals surface area contributed by atoms with Gasteiger partial charge in [-0.05, 0) is 50.2 Å². The molecule has 1 aromatic heterocycles. The van der Waals surface area contributed by atoms with Crippen molar-refractivity contribution in [1.29, 1.82) is 0 Å². The summed E-state index contributed by atoms with van der Waals surface area (Å²) in [5.41, 5.74) is 7.83. The van der Waals surface area contributed by atoms with Crippen LogP contribution in [0, 0.1) is 6.92 Å². The number of aromatic nitrogens is 3. The molecule has 160 valence electrons. The number of ether oxygens (including phenoxy) is 1.